The highest BCUT2D eigenvalue weighted by molar-refractivity contribution is 7.10. The van der Waals surface area contributed by atoms with Crippen LogP contribution in [0.25, 0.3) is 11.3 Å². The molecule has 106 valence electrons. The van der Waals surface area contributed by atoms with E-state index in [0.29, 0.717) is 11.3 Å². The third kappa shape index (κ3) is 2.88. The van der Waals surface area contributed by atoms with Crippen LogP contribution in [0, 0.1) is 5.41 Å². The van der Waals surface area contributed by atoms with Crippen LogP contribution in [-0.2, 0) is 0 Å². The lowest BCUT2D eigenvalue weighted by atomic mass is 9.73. The average Bonchev–Trinajstić information content (AvgIpc) is 2.89. The molecule has 1 fully saturated rings. The second kappa shape index (κ2) is 5.21. The molecule has 0 atom stereocenters. The summed E-state index contributed by atoms with van der Waals surface area (Å²) in [5, 5.41) is 3.49. The maximum Gasteiger partial charge on any atom is 0.0963 e. The van der Waals surface area contributed by atoms with Crippen molar-refractivity contribution in [3.05, 3.63) is 34.7 Å². The molecule has 0 amide bonds. The van der Waals surface area contributed by atoms with Gasteiger partial charge in [-0.3, -0.25) is 0 Å². The summed E-state index contributed by atoms with van der Waals surface area (Å²) < 4.78 is 0. The van der Waals surface area contributed by atoms with Crippen molar-refractivity contribution in [2.24, 2.45) is 5.41 Å². The lowest BCUT2D eigenvalue weighted by molar-refractivity contribution is 0.224. The largest absolute Gasteiger partial charge is 0.399 e. The van der Waals surface area contributed by atoms with Crippen molar-refractivity contribution in [2.75, 3.05) is 5.73 Å². The average molecular weight is 286 g/mol. The Hall–Kier alpha value is -1.35. The fraction of sp³-hybridized carbons (Fsp3) is 0.471. The van der Waals surface area contributed by atoms with Gasteiger partial charge >= 0.3 is 0 Å². The van der Waals surface area contributed by atoms with Gasteiger partial charge < -0.3 is 5.73 Å². The molecule has 1 aromatic heterocycles. The Morgan fingerprint density at radius 3 is 2.45 bits per heavy atom. The molecule has 20 heavy (non-hydrogen) atoms. The zero-order valence-corrected chi connectivity index (χ0v) is 13.0. The Kier molecular flexibility index (Phi) is 3.55. The van der Waals surface area contributed by atoms with E-state index in [0.717, 1.165) is 16.9 Å². The van der Waals surface area contributed by atoms with Gasteiger partial charge in [-0.25, -0.2) is 4.98 Å². The Morgan fingerprint density at radius 1 is 1.15 bits per heavy atom. The summed E-state index contributed by atoms with van der Waals surface area (Å²) in [5.74, 6) is 0.663. The van der Waals surface area contributed by atoms with E-state index in [9.17, 15) is 0 Å². The number of hydrogen-bond donors (Lipinski definition) is 1. The van der Waals surface area contributed by atoms with E-state index < -0.39 is 0 Å². The van der Waals surface area contributed by atoms with Crippen LogP contribution in [0.3, 0.4) is 0 Å². The zero-order valence-electron chi connectivity index (χ0n) is 12.2. The van der Waals surface area contributed by atoms with E-state index in [1.54, 1.807) is 0 Å². The number of nitrogen functional groups attached to an aromatic ring is 1. The monoisotopic (exact) mass is 286 g/mol. The highest BCUT2D eigenvalue weighted by Gasteiger charge is 2.29. The second-order valence-corrected chi connectivity index (χ2v) is 7.52. The normalized spacial score (nSPS) is 19.1. The number of nitrogens with zero attached hydrogens (tertiary/aromatic N) is 1. The number of thiazole rings is 1. The molecule has 0 spiro atoms. The number of aromatic nitrogens is 1. The minimum atomic E-state index is 0.521. The van der Waals surface area contributed by atoms with E-state index in [-0.39, 0.29) is 0 Å². The van der Waals surface area contributed by atoms with Gasteiger partial charge in [-0.15, -0.1) is 11.3 Å². The maximum absolute atomic E-state index is 5.73. The third-order valence-electron chi connectivity index (χ3n) is 4.42. The summed E-state index contributed by atoms with van der Waals surface area (Å²) in [6.07, 6.45) is 5.19. The molecule has 2 aromatic rings. The quantitative estimate of drug-likeness (QED) is 0.782. The predicted octanol–water partition coefficient (Wildman–Crippen LogP) is 5.08. The van der Waals surface area contributed by atoms with Crippen LogP contribution in [0.1, 0.15) is 50.5 Å². The van der Waals surface area contributed by atoms with Gasteiger partial charge in [-0.1, -0.05) is 26.0 Å². The maximum atomic E-state index is 5.73. The van der Waals surface area contributed by atoms with Crippen LogP contribution in [0.5, 0.6) is 0 Å². The van der Waals surface area contributed by atoms with Gasteiger partial charge in [0.25, 0.3) is 0 Å². The lowest BCUT2D eigenvalue weighted by Gasteiger charge is -2.33. The van der Waals surface area contributed by atoms with Gasteiger partial charge in [0.05, 0.1) is 10.7 Å². The Bertz CT molecular complexity index is 573. The first-order valence-corrected chi connectivity index (χ1v) is 8.23. The predicted molar refractivity (Wildman–Crippen MR) is 87.0 cm³/mol. The van der Waals surface area contributed by atoms with E-state index in [2.05, 4.69) is 31.4 Å². The number of rotatable bonds is 2. The molecule has 1 heterocycles. The standard InChI is InChI=1S/C17H22N2S/c1-17(2)9-7-13(8-10-17)16-19-15(11-20-16)12-3-5-14(18)6-4-12/h3-6,11,13H,7-10,18H2,1-2H3. The Balaban J connectivity index is 1.76. The van der Waals surface area contributed by atoms with Crippen molar-refractivity contribution in [2.45, 2.75) is 45.4 Å². The molecule has 1 saturated carbocycles. The van der Waals surface area contributed by atoms with Gasteiger partial charge in [-0.2, -0.15) is 0 Å². The number of hydrogen-bond acceptors (Lipinski definition) is 3. The van der Waals surface area contributed by atoms with E-state index >= 15 is 0 Å². The first-order valence-electron chi connectivity index (χ1n) is 7.35. The van der Waals surface area contributed by atoms with Crippen molar-refractivity contribution in [3.8, 4) is 11.3 Å². The van der Waals surface area contributed by atoms with Crippen LogP contribution in [-0.4, -0.2) is 4.98 Å². The first-order chi connectivity index (χ1) is 9.53. The third-order valence-corrected chi connectivity index (χ3v) is 5.42. The fourth-order valence-corrected chi connectivity index (χ4v) is 3.91. The van der Waals surface area contributed by atoms with Crippen LogP contribution >= 0.6 is 11.3 Å². The van der Waals surface area contributed by atoms with Crippen LogP contribution < -0.4 is 5.73 Å². The van der Waals surface area contributed by atoms with Crippen molar-refractivity contribution in [3.63, 3.8) is 0 Å². The van der Waals surface area contributed by atoms with Crippen molar-refractivity contribution in [1.29, 1.82) is 0 Å². The molecule has 1 aliphatic rings. The summed E-state index contributed by atoms with van der Waals surface area (Å²) in [7, 11) is 0. The molecule has 1 aromatic carbocycles. The van der Waals surface area contributed by atoms with Gasteiger partial charge in [0.2, 0.25) is 0 Å². The number of benzene rings is 1. The SMILES string of the molecule is CC1(C)CCC(c2nc(-c3ccc(N)cc3)cs2)CC1. The molecule has 3 heteroatoms. The molecular formula is C17H22N2S. The second-order valence-electron chi connectivity index (χ2n) is 6.63. The summed E-state index contributed by atoms with van der Waals surface area (Å²) >= 11 is 1.81. The van der Waals surface area contributed by atoms with Gasteiger partial charge in [0.15, 0.2) is 0 Å². The Labute approximate surface area is 125 Å². The van der Waals surface area contributed by atoms with Gasteiger partial charge in [0.1, 0.15) is 0 Å². The number of anilines is 1. The molecule has 2 nitrogen and oxygen atoms in total. The smallest absolute Gasteiger partial charge is 0.0963 e. The molecule has 1 aliphatic carbocycles. The summed E-state index contributed by atoms with van der Waals surface area (Å²) in [5.41, 5.74) is 9.32. The molecule has 0 unspecified atom stereocenters. The number of nitrogens with two attached hydrogens (primary N) is 1. The van der Waals surface area contributed by atoms with E-state index in [1.165, 1.54) is 30.7 Å². The molecule has 3 rings (SSSR count). The zero-order chi connectivity index (χ0) is 14.2. The van der Waals surface area contributed by atoms with Crippen LogP contribution in [0.4, 0.5) is 5.69 Å². The lowest BCUT2D eigenvalue weighted by Crippen LogP contribution is -2.20. The Morgan fingerprint density at radius 2 is 1.80 bits per heavy atom. The first kappa shape index (κ1) is 13.6. The molecule has 2 N–H and O–H groups in total. The molecule has 0 saturated heterocycles. The van der Waals surface area contributed by atoms with E-state index in [1.807, 2.05) is 23.5 Å². The molecule has 0 radical (unpaired) electrons. The topological polar surface area (TPSA) is 38.9 Å². The molecular weight excluding hydrogens is 264 g/mol. The highest BCUT2D eigenvalue weighted by Crippen LogP contribution is 2.43. The van der Waals surface area contributed by atoms with E-state index in [4.69, 9.17) is 10.7 Å². The minimum absolute atomic E-state index is 0.521. The fourth-order valence-electron chi connectivity index (χ4n) is 2.91. The van der Waals surface area contributed by atoms with Crippen molar-refractivity contribution >= 4 is 17.0 Å². The van der Waals surface area contributed by atoms with Crippen LogP contribution in [0.2, 0.25) is 0 Å². The molecule has 0 aliphatic heterocycles. The summed E-state index contributed by atoms with van der Waals surface area (Å²) in [6.45, 7) is 4.76. The highest BCUT2D eigenvalue weighted by atomic mass is 32.1. The summed E-state index contributed by atoms with van der Waals surface area (Å²) in [4.78, 5) is 4.86. The van der Waals surface area contributed by atoms with Crippen molar-refractivity contribution in [1.82, 2.24) is 4.98 Å². The van der Waals surface area contributed by atoms with Gasteiger partial charge in [-0.05, 0) is 43.2 Å². The van der Waals surface area contributed by atoms with Gasteiger partial charge in [0, 0.05) is 22.5 Å². The molecule has 0 bridgehead atoms. The van der Waals surface area contributed by atoms with Crippen molar-refractivity contribution < 1.29 is 0 Å². The summed E-state index contributed by atoms with van der Waals surface area (Å²) in [6, 6.07) is 7.99. The minimum Gasteiger partial charge on any atom is -0.399 e. The van der Waals surface area contributed by atoms with Crippen LogP contribution in [0.15, 0.2) is 29.6 Å².